The van der Waals surface area contributed by atoms with E-state index < -0.39 is 30.2 Å². The number of aliphatic hydroxyl groups is 2. The summed E-state index contributed by atoms with van der Waals surface area (Å²) in [5.74, 6) is -0.421. The van der Waals surface area contributed by atoms with Gasteiger partial charge in [0.2, 0.25) is 0 Å². The second kappa shape index (κ2) is 12.3. The second-order valence-electron chi connectivity index (χ2n) is 10.3. The van der Waals surface area contributed by atoms with E-state index in [0.717, 1.165) is 20.9 Å². The third-order valence-electron chi connectivity index (χ3n) is 7.35. The van der Waals surface area contributed by atoms with Gasteiger partial charge in [-0.15, -0.1) is 0 Å². The van der Waals surface area contributed by atoms with E-state index in [2.05, 4.69) is 0 Å². The van der Waals surface area contributed by atoms with Crippen LogP contribution in [0.15, 0.2) is 97.1 Å². The van der Waals surface area contributed by atoms with Gasteiger partial charge in [-0.3, -0.25) is 4.79 Å². The summed E-state index contributed by atoms with van der Waals surface area (Å²) in [6, 6.07) is 27.3. The molecule has 2 N–H and O–H groups in total. The maximum atomic E-state index is 13.5. The van der Waals surface area contributed by atoms with E-state index in [0.29, 0.717) is 11.1 Å². The average molecular weight is 565 g/mol. The molecule has 0 radical (unpaired) electrons. The maximum Gasteiger partial charge on any atom is 0.193 e. The Bertz CT molecular complexity index is 1490. The van der Waals surface area contributed by atoms with Crippen molar-refractivity contribution in [3.05, 3.63) is 142 Å². The molecule has 1 aliphatic carbocycles. The van der Waals surface area contributed by atoms with Gasteiger partial charge in [0.05, 0.1) is 0 Å². The van der Waals surface area contributed by atoms with Gasteiger partial charge in [-0.25, -0.2) is 0 Å². The third-order valence-corrected chi connectivity index (χ3v) is 7.35. The summed E-state index contributed by atoms with van der Waals surface area (Å²) in [6.45, 7) is 0.0651. The van der Waals surface area contributed by atoms with Crippen molar-refractivity contribution in [1.29, 1.82) is 0 Å². The van der Waals surface area contributed by atoms with Gasteiger partial charge in [-0.2, -0.15) is 0 Å². The van der Waals surface area contributed by atoms with E-state index >= 15 is 0 Å². The van der Waals surface area contributed by atoms with Crippen molar-refractivity contribution < 1.29 is 34.8 Å². The van der Waals surface area contributed by atoms with Crippen molar-refractivity contribution in [3.8, 4) is 0 Å². The van der Waals surface area contributed by atoms with Crippen LogP contribution >= 0.6 is 0 Å². The summed E-state index contributed by atoms with van der Waals surface area (Å²) >= 11 is 0. The molecule has 42 heavy (non-hydrogen) atoms. The van der Waals surface area contributed by atoms with Crippen LogP contribution in [-0.2, 0) is 26.2 Å². The van der Waals surface area contributed by atoms with Crippen molar-refractivity contribution in [3.63, 3.8) is 0 Å². The van der Waals surface area contributed by atoms with Crippen LogP contribution in [0.3, 0.4) is 0 Å². The molecular weight excluding hydrogens is 536 g/mol. The number of carbonyl (C=O) groups is 3. The van der Waals surface area contributed by atoms with Crippen molar-refractivity contribution in [1.82, 2.24) is 9.80 Å². The lowest BCUT2D eigenvalue weighted by Gasteiger charge is -2.26. The summed E-state index contributed by atoms with van der Waals surface area (Å²) in [5.41, 5.74) is 3.25. The number of carbonyl (C=O) groups excluding carboxylic acids is 3. The molecule has 4 aromatic rings. The number of fused-ring (bicyclic) bond motifs is 2. The number of hydrogen-bond acceptors (Lipinski definition) is 7. The minimum Gasteiger partial charge on any atom is -0.530 e. The number of amides is 2. The first-order valence-electron chi connectivity index (χ1n) is 13.4. The predicted octanol–water partition coefficient (Wildman–Crippen LogP) is 2.69. The van der Waals surface area contributed by atoms with Gasteiger partial charge in [-0.05, 0) is 33.4 Å². The molecule has 214 valence electrons. The molecule has 2 atom stereocenters. The van der Waals surface area contributed by atoms with Crippen molar-refractivity contribution in [2.45, 2.75) is 38.4 Å². The van der Waals surface area contributed by atoms with Gasteiger partial charge in [0, 0.05) is 37.3 Å². The quantitative estimate of drug-likeness (QED) is 0.335. The first-order valence-corrected chi connectivity index (χ1v) is 13.4. The number of rotatable bonds is 8. The molecule has 0 fully saturated rings. The molecule has 9 heteroatoms. The van der Waals surface area contributed by atoms with Gasteiger partial charge in [-0.1, -0.05) is 97.1 Å². The molecule has 0 saturated heterocycles. The van der Waals surface area contributed by atoms with Crippen LogP contribution in [0.5, 0.6) is 0 Å². The van der Waals surface area contributed by atoms with E-state index in [-0.39, 0.29) is 48.4 Å². The zero-order valence-electron chi connectivity index (χ0n) is 22.6. The van der Waals surface area contributed by atoms with E-state index in [1.54, 1.807) is 60.7 Å². The van der Waals surface area contributed by atoms with Crippen LogP contribution in [-0.4, -0.2) is 38.0 Å². The summed E-state index contributed by atoms with van der Waals surface area (Å²) in [6.07, 6.45) is -5.73. The molecule has 1 aliphatic rings. The summed E-state index contributed by atoms with van der Waals surface area (Å²) in [5, 5.41) is 46.0. The molecule has 0 spiro atoms. The molecule has 0 saturated carbocycles. The van der Waals surface area contributed by atoms with Gasteiger partial charge in [0.1, 0.15) is 24.4 Å². The molecule has 4 aromatic carbocycles. The minimum atomic E-state index is -1.49. The Hall–Kier alpha value is -4.99. The Kier molecular flexibility index (Phi) is 8.33. The second-order valence-corrected chi connectivity index (χ2v) is 10.3. The van der Waals surface area contributed by atoms with Crippen LogP contribution in [0.1, 0.15) is 61.5 Å². The normalized spacial score (nSPS) is 15.7. The van der Waals surface area contributed by atoms with Gasteiger partial charge >= 0.3 is 0 Å². The van der Waals surface area contributed by atoms with E-state index in [1.165, 1.54) is 24.3 Å². The molecule has 5 rings (SSSR count). The molecular formula is C33H28N2O7-2. The number of ketones is 1. The average Bonchev–Trinajstić information content (AvgIpc) is 3.06. The fourth-order valence-electron chi connectivity index (χ4n) is 5.23. The highest BCUT2D eigenvalue weighted by Crippen LogP contribution is 2.38. The van der Waals surface area contributed by atoms with Crippen LogP contribution in [0, 0.1) is 0 Å². The lowest BCUT2D eigenvalue weighted by atomic mass is 9.95. The Morgan fingerprint density at radius 2 is 0.929 bits per heavy atom. The summed E-state index contributed by atoms with van der Waals surface area (Å²) in [4.78, 5) is 39.5. The zero-order valence-corrected chi connectivity index (χ0v) is 22.6. The summed E-state index contributed by atoms with van der Waals surface area (Å²) < 4.78 is 0. The lowest BCUT2D eigenvalue weighted by molar-refractivity contribution is -0.268. The molecule has 0 aliphatic heterocycles. The van der Waals surface area contributed by atoms with Gasteiger partial charge in [0.25, 0.3) is 0 Å². The van der Waals surface area contributed by atoms with Crippen LogP contribution < -0.4 is 10.2 Å². The number of carboxylic acid groups (broad SMARTS) is 2. The smallest absolute Gasteiger partial charge is 0.193 e. The Morgan fingerprint density at radius 3 is 1.29 bits per heavy atom. The molecule has 0 aromatic heterocycles. The monoisotopic (exact) mass is 564 g/mol. The topological polar surface area (TPSA) is 144 Å². The Balaban J connectivity index is 1.40. The van der Waals surface area contributed by atoms with Crippen molar-refractivity contribution in [2.75, 3.05) is 0 Å². The van der Waals surface area contributed by atoms with E-state index in [4.69, 9.17) is 0 Å². The number of nitrogens with zero attached hydrogens (tertiary/aromatic N) is 2. The fourth-order valence-corrected chi connectivity index (χ4v) is 5.23. The molecule has 9 nitrogen and oxygen atoms in total. The highest BCUT2D eigenvalue weighted by atomic mass is 16.4. The first kappa shape index (κ1) is 28.5. The maximum absolute atomic E-state index is 13.5. The number of aliphatic hydroxyl groups excluding tert-OH is 2. The largest absolute Gasteiger partial charge is 0.530 e. The van der Waals surface area contributed by atoms with E-state index in [1.807, 2.05) is 12.1 Å². The summed E-state index contributed by atoms with van der Waals surface area (Å²) in [7, 11) is 0. The molecule has 2 amide bonds. The lowest BCUT2D eigenvalue weighted by Crippen LogP contribution is -2.40. The SMILES string of the molecule is O=C1c2ccc(CN(Cc3ccccc3)C(=O)[O-])cc2[C@@H](O)[C@@H](O)c2cc(CN(Cc3ccccc3)C(=O)[O-])ccc21. The highest BCUT2D eigenvalue weighted by Gasteiger charge is 2.33. The van der Waals surface area contributed by atoms with Gasteiger partial charge < -0.3 is 39.8 Å². The first-order chi connectivity index (χ1) is 20.2. The van der Waals surface area contributed by atoms with Crippen LogP contribution in [0.25, 0.3) is 0 Å². The predicted molar refractivity (Wildman–Crippen MR) is 148 cm³/mol. The molecule has 0 bridgehead atoms. The highest BCUT2D eigenvalue weighted by molar-refractivity contribution is 6.11. The molecule has 0 unspecified atom stereocenters. The third kappa shape index (κ3) is 6.17. The number of hydrogen-bond donors (Lipinski definition) is 2. The van der Waals surface area contributed by atoms with Crippen LogP contribution in [0.4, 0.5) is 9.59 Å². The van der Waals surface area contributed by atoms with Gasteiger partial charge in [0.15, 0.2) is 5.78 Å². The fraction of sp³-hybridized carbons (Fsp3) is 0.182. The number of benzene rings is 4. The standard InChI is InChI=1S/C33H30N2O7/c36-29-25-13-11-23(19-34(32(39)40)17-21-7-3-1-4-8-21)15-27(25)30(37)31(38)28-16-24(12-14-26(28)29)20-35(33(41)42)18-22-9-5-2-6-10-22/h1-16,30-31,37-38H,17-20H2,(H,39,40)(H,41,42)/p-2/t30-,31+. The van der Waals surface area contributed by atoms with Crippen LogP contribution in [0.2, 0.25) is 0 Å². The zero-order chi connectivity index (χ0) is 29.8. The Morgan fingerprint density at radius 1 is 0.571 bits per heavy atom. The molecule has 0 heterocycles. The van der Waals surface area contributed by atoms with E-state index in [9.17, 15) is 34.8 Å². The minimum absolute atomic E-state index is 0.0565. The van der Waals surface area contributed by atoms with Crippen molar-refractivity contribution in [2.24, 2.45) is 0 Å². The van der Waals surface area contributed by atoms with Crippen molar-refractivity contribution >= 4 is 18.0 Å². The Labute approximate surface area is 242 Å².